The van der Waals surface area contributed by atoms with Crippen molar-refractivity contribution in [3.63, 3.8) is 0 Å². The maximum Gasteiger partial charge on any atom is 0.276 e. The molecule has 120 valence electrons. The number of rotatable bonds is 6. The number of para-hydroxylation sites is 1. The molecular formula is C15H19F2N3O2. The largest absolute Gasteiger partial charge is 0.297 e. The summed E-state index contributed by atoms with van der Waals surface area (Å²) in [4.78, 5) is 14.4. The van der Waals surface area contributed by atoms with Gasteiger partial charge >= 0.3 is 0 Å². The summed E-state index contributed by atoms with van der Waals surface area (Å²) in [5.41, 5.74) is 0.657. The average molecular weight is 311 g/mol. The van der Waals surface area contributed by atoms with Gasteiger partial charge in [0, 0.05) is 38.8 Å². The number of benzene rings is 1. The molecule has 0 N–H and O–H groups in total. The Hall–Kier alpha value is -1.86. The van der Waals surface area contributed by atoms with Gasteiger partial charge in [-0.1, -0.05) is 24.3 Å². The first-order chi connectivity index (χ1) is 10.6. The van der Waals surface area contributed by atoms with E-state index < -0.39 is 11.3 Å². The van der Waals surface area contributed by atoms with E-state index in [0.717, 1.165) is 13.1 Å². The molecule has 0 spiro atoms. The van der Waals surface area contributed by atoms with E-state index in [-0.39, 0.29) is 12.2 Å². The lowest BCUT2D eigenvalue weighted by Gasteiger charge is -2.33. The normalized spacial score (nSPS) is 17.4. The Morgan fingerprint density at radius 3 is 2.45 bits per heavy atom. The highest BCUT2D eigenvalue weighted by Gasteiger charge is 2.18. The number of nitro benzene ring substituents is 1. The molecule has 0 aromatic heterocycles. The van der Waals surface area contributed by atoms with Crippen LogP contribution in [-0.4, -0.2) is 60.4 Å². The SMILES string of the molecule is O=[N+]([O-])c1ccccc1/C=C/CN1CCN(CC(F)F)CC1. The molecule has 0 radical (unpaired) electrons. The Labute approximate surface area is 128 Å². The zero-order valence-electron chi connectivity index (χ0n) is 12.2. The summed E-state index contributed by atoms with van der Waals surface area (Å²) < 4.78 is 24.6. The van der Waals surface area contributed by atoms with E-state index in [0.29, 0.717) is 25.2 Å². The van der Waals surface area contributed by atoms with Crippen LogP contribution < -0.4 is 0 Å². The summed E-state index contributed by atoms with van der Waals surface area (Å²) in [6, 6.07) is 6.57. The number of hydrogen-bond acceptors (Lipinski definition) is 4. The van der Waals surface area contributed by atoms with Crippen molar-refractivity contribution >= 4 is 11.8 Å². The molecule has 1 saturated heterocycles. The Morgan fingerprint density at radius 1 is 1.18 bits per heavy atom. The van der Waals surface area contributed by atoms with E-state index >= 15 is 0 Å². The maximum atomic E-state index is 12.3. The van der Waals surface area contributed by atoms with E-state index in [1.165, 1.54) is 6.07 Å². The van der Waals surface area contributed by atoms with Crippen LogP contribution in [0.1, 0.15) is 5.56 Å². The first-order valence-corrected chi connectivity index (χ1v) is 7.19. The molecular weight excluding hydrogens is 292 g/mol. The van der Waals surface area contributed by atoms with Crippen LogP contribution in [0.2, 0.25) is 0 Å². The Kier molecular flexibility index (Phi) is 5.97. The second kappa shape index (κ2) is 7.95. The Morgan fingerprint density at radius 2 is 1.82 bits per heavy atom. The lowest BCUT2D eigenvalue weighted by atomic mass is 10.1. The lowest BCUT2D eigenvalue weighted by molar-refractivity contribution is -0.385. The molecule has 1 aliphatic rings. The van der Waals surface area contributed by atoms with E-state index in [9.17, 15) is 18.9 Å². The second-order valence-corrected chi connectivity index (χ2v) is 5.21. The highest BCUT2D eigenvalue weighted by Crippen LogP contribution is 2.19. The Balaban J connectivity index is 1.83. The molecule has 0 amide bonds. The standard InChI is InChI=1S/C15H19F2N3O2/c16-15(17)12-19-10-8-18(9-11-19)7-3-5-13-4-1-2-6-14(13)20(21)22/h1-6,15H,7-12H2/b5-3+. The summed E-state index contributed by atoms with van der Waals surface area (Å²) in [5.74, 6) is 0. The quantitative estimate of drug-likeness (QED) is 0.598. The van der Waals surface area contributed by atoms with Gasteiger partial charge in [-0.15, -0.1) is 0 Å². The lowest BCUT2D eigenvalue weighted by Crippen LogP contribution is -2.47. The van der Waals surface area contributed by atoms with E-state index in [4.69, 9.17) is 0 Å². The number of halogens is 2. The van der Waals surface area contributed by atoms with Crippen molar-refractivity contribution in [2.45, 2.75) is 6.43 Å². The molecule has 0 bridgehead atoms. The van der Waals surface area contributed by atoms with Gasteiger partial charge in [-0.25, -0.2) is 8.78 Å². The minimum Gasteiger partial charge on any atom is -0.297 e. The van der Waals surface area contributed by atoms with E-state index in [2.05, 4.69) is 4.90 Å². The van der Waals surface area contributed by atoms with Gasteiger partial charge in [-0.3, -0.25) is 19.9 Å². The van der Waals surface area contributed by atoms with Gasteiger partial charge in [0.1, 0.15) is 0 Å². The second-order valence-electron chi connectivity index (χ2n) is 5.21. The smallest absolute Gasteiger partial charge is 0.276 e. The predicted octanol–water partition coefficient (Wildman–Crippen LogP) is 2.49. The molecule has 0 unspecified atom stereocenters. The summed E-state index contributed by atoms with van der Waals surface area (Å²) in [6.45, 7) is 3.21. The minimum absolute atomic E-state index is 0.0838. The molecule has 22 heavy (non-hydrogen) atoms. The maximum absolute atomic E-state index is 12.3. The first-order valence-electron chi connectivity index (χ1n) is 7.19. The zero-order valence-corrected chi connectivity index (χ0v) is 12.2. The third-order valence-electron chi connectivity index (χ3n) is 3.66. The van der Waals surface area contributed by atoms with Crippen LogP contribution in [0, 0.1) is 10.1 Å². The molecule has 0 aliphatic carbocycles. The number of nitrogens with zero attached hydrogens (tertiary/aromatic N) is 3. The van der Waals surface area contributed by atoms with Crippen LogP contribution in [0.4, 0.5) is 14.5 Å². The van der Waals surface area contributed by atoms with E-state index in [1.54, 1.807) is 29.2 Å². The van der Waals surface area contributed by atoms with Gasteiger partial charge in [0.15, 0.2) is 0 Å². The van der Waals surface area contributed by atoms with Gasteiger partial charge in [-0.05, 0) is 6.07 Å². The molecule has 1 fully saturated rings. The molecule has 1 heterocycles. The molecule has 0 saturated carbocycles. The van der Waals surface area contributed by atoms with Crippen molar-refractivity contribution in [3.05, 3.63) is 46.0 Å². The molecule has 1 aromatic carbocycles. The topological polar surface area (TPSA) is 49.6 Å². The van der Waals surface area contributed by atoms with Crippen molar-refractivity contribution in [3.8, 4) is 0 Å². The summed E-state index contributed by atoms with van der Waals surface area (Å²) in [7, 11) is 0. The van der Waals surface area contributed by atoms with Gasteiger partial charge in [-0.2, -0.15) is 0 Å². The zero-order chi connectivity index (χ0) is 15.9. The number of nitro groups is 1. The third kappa shape index (κ3) is 4.85. The van der Waals surface area contributed by atoms with Gasteiger partial charge in [0.05, 0.1) is 17.0 Å². The third-order valence-corrected chi connectivity index (χ3v) is 3.66. The van der Waals surface area contributed by atoms with Crippen LogP contribution in [0.25, 0.3) is 6.08 Å². The fourth-order valence-corrected chi connectivity index (χ4v) is 2.47. The molecule has 7 heteroatoms. The highest BCUT2D eigenvalue weighted by molar-refractivity contribution is 5.60. The first kappa shape index (κ1) is 16.5. The molecule has 5 nitrogen and oxygen atoms in total. The van der Waals surface area contributed by atoms with Gasteiger partial charge in [0.2, 0.25) is 0 Å². The summed E-state index contributed by atoms with van der Waals surface area (Å²) >= 11 is 0. The van der Waals surface area contributed by atoms with Crippen LogP contribution >= 0.6 is 0 Å². The van der Waals surface area contributed by atoms with Crippen LogP contribution in [0.3, 0.4) is 0 Å². The fraction of sp³-hybridized carbons (Fsp3) is 0.467. The number of piperazine rings is 1. The monoisotopic (exact) mass is 311 g/mol. The van der Waals surface area contributed by atoms with Crippen molar-refractivity contribution in [2.75, 3.05) is 39.3 Å². The molecule has 2 rings (SSSR count). The van der Waals surface area contributed by atoms with Crippen molar-refractivity contribution in [1.29, 1.82) is 0 Å². The highest BCUT2D eigenvalue weighted by atomic mass is 19.3. The number of alkyl halides is 2. The van der Waals surface area contributed by atoms with Crippen LogP contribution in [0.5, 0.6) is 0 Å². The fourth-order valence-electron chi connectivity index (χ4n) is 2.47. The Bertz CT molecular complexity index is 529. The summed E-state index contributed by atoms with van der Waals surface area (Å²) in [5, 5.41) is 10.9. The van der Waals surface area contributed by atoms with Crippen LogP contribution in [-0.2, 0) is 0 Å². The van der Waals surface area contributed by atoms with Crippen molar-refractivity contribution in [1.82, 2.24) is 9.80 Å². The van der Waals surface area contributed by atoms with Crippen molar-refractivity contribution in [2.24, 2.45) is 0 Å². The average Bonchev–Trinajstić information content (AvgIpc) is 2.49. The number of hydrogen-bond donors (Lipinski definition) is 0. The molecule has 0 atom stereocenters. The molecule has 1 aliphatic heterocycles. The van der Waals surface area contributed by atoms with Gasteiger partial charge in [0.25, 0.3) is 12.1 Å². The van der Waals surface area contributed by atoms with Gasteiger partial charge < -0.3 is 0 Å². The predicted molar refractivity (Wildman–Crippen MR) is 81.0 cm³/mol. The van der Waals surface area contributed by atoms with E-state index in [1.807, 2.05) is 6.08 Å². The van der Waals surface area contributed by atoms with Crippen LogP contribution in [0.15, 0.2) is 30.3 Å². The summed E-state index contributed by atoms with van der Waals surface area (Å²) in [6.07, 6.45) is 1.33. The minimum atomic E-state index is -2.29. The molecule has 1 aromatic rings. The van der Waals surface area contributed by atoms with Crippen molar-refractivity contribution < 1.29 is 13.7 Å².